The third-order valence-corrected chi connectivity index (χ3v) is 3.23. The Labute approximate surface area is 120 Å². The maximum Gasteiger partial charge on any atom is 0.276 e. The van der Waals surface area contributed by atoms with Gasteiger partial charge in [0, 0.05) is 0 Å². The first-order valence-electron chi connectivity index (χ1n) is 6.47. The van der Waals surface area contributed by atoms with Gasteiger partial charge in [0.05, 0.1) is 22.4 Å². The third-order valence-electron chi connectivity index (χ3n) is 3.23. The molecule has 0 atom stereocenters. The first-order chi connectivity index (χ1) is 10.2. The minimum atomic E-state index is -0.356. The van der Waals surface area contributed by atoms with Gasteiger partial charge >= 0.3 is 0 Å². The summed E-state index contributed by atoms with van der Waals surface area (Å²) >= 11 is 0. The lowest BCUT2D eigenvalue weighted by atomic mass is 10.1. The van der Waals surface area contributed by atoms with E-state index in [-0.39, 0.29) is 17.0 Å². The number of rotatable bonds is 2. The van der Waals surface area contributed by atoms with Gasteiger partial charge in [0.25, 0.3) is 5.56 Å². The van der Waals surface area contributed by atoms with Crippen LogP contribution >= 0.6 is 0 Å². The quantitative estimate of drug-likeness (QED) is 0.664. The molecule has 5 nitrogen and oxygen atoms in total. The molecule has 0 fully saturated rings. The zero-order valence-corrected chi connectivity index (χ0v) is 11.2. The number of aromatic nitrogens is 2. The second-order valence-electron chi connectivity index (χ2n) is 4.63. The van der Waals surface area contributed by atoms with E-state index >= 15 is 0 Å². The van der Waals surface area contributed by atoms with Crippen molar-refractivity contribution in [1.29, 1.82) is 0 Å². The molecular formula is C16H14N4O. The van der Waals surface area contributed by atoms with Gasteiger partial charge in [0.1, 0.15) is 0 Å². The molecular weight excluding hydrogens is 264 g/mol. The van der Waals surface area contributed by atoms with Crippen LogP contribution in [0.4, 0.5) is 0 Å². The second-order valence-corrected chi connectivity index (χ2v) is 4.63. The van der Waals surface area contributed by atoms with Crippen molar-refractivity contribution >= 4 is 22.4 Å². The van der Waals surface area contributed by atoms with Crippen LogP contribution in [-0.4, -0.2) is 9.97 Å². The van der Waals surface area contributed by atoms with E-state index in [1.54, 1.807) is 12.1 Å². The highest BCUT2D eigenvalue weighted by molar-refractivity contribution is 5.87. The average Bonchev–Trinajstić information content (AvgIpc) is 2.53. The summed E-state index contributed by atoms with van der Waals surface area (Å²) in [6.45, 7) is 0. The zero-order valence-electron chi connectivity index (χ0n) is 11.2. The average molecular weight is 278 g/mol. The molecule has 1 aromatic heterocycles. The SMILES string of the molecule is N/C(=C(/N)c1nc2ccccc2[nH]c1=O)c1ccccc1. The standard InChI is InChI=1S/C16H14N4O/c17-13(10-6-2-1-3-7-10)14(18)15-16(21)20-12-9-5-4-8-11(12)19-15/h1-9H,17-18H2,(H,20,21)/b14-13+. The van der Waals surface area contributed by atoms with E-state index in [1.165, 1.54) is 0 Å². The van der Waals surface area contributed by atoms with Crippen molar-refractivity contribution in [1.82, 2.24) is 9.97 Å². The fourth-order valence-corrected chi connectivity index (χ4v) is 2.11. The molecule has 0 radical (unpaired) electrons. The number of aromatic amines is 1. The van der Waals surface area contributed by atoms with Crippen LogP contribution in [0.25, 0.3) is 22.4 Å². The van der Waals surface area contributed by atoms with Crippen LogP contribution in [-0.2, 0) is 0 Å². The van der Waals surface area contributed by atoms with Crippen molar-refractivity contribution in [3.63, 3.8) is 0 Å². The Morgan fingerprint density at radius 2 is 1.57 bits per heavy atom. The predicted molar refractivity (Wildman–Crippen MR) is 84.0 cm³/mol. The Morgan fingerprint density at radius 1 is 0.905 bits per heavy atom. The van der Waals surface area contributed by atoms with E-state index in [4.69, 9.17) is 11.5 Å². The molecule has 0 spiro atoms. The van der Waals surface area contributed by atoms with Gasteiger partial charge < -0.3 is 16.5 Å². The molecule has 0 saturated heterocycles. The molecule has 0 aliphatic heterocycles. The number of nitrogens with one attached hydrogen (secondary N) is 1. The minimum Gasteiger partial charge on any atom is -0.397 e. The Bertz CT molecular complexity index is 881. The Hall–Kier alpha value is -3.08. The van der Waals surface area contributed by atoms with E-state index in [1.807, 2.05) is 42.5 Å². The Kier molecular flexibility index (Phi) is 3.16. The molecule has 5 N–H and O–H groups in total. The molecule has 21 heavy (non-hydrogen) atoms. The number of para-hydroxylation sites is 2. The van der Waals surface area contributed by atoms with Gasteiger partial charge in [-0.25, -0.2) is 4.98 Å². The number of H-pyrrole nitrogens is 1. The molecule has 3 rings (SSSR count). The summed E-state index contributed by atoms with van der Waals surface area (Å²) in [7, 11) is 0. The molecule has 5 heteroatoms. The fourth-order valence-electron chi connectivity index (χ4n) is 2.11. The lowest BCUT2D eigenvalue weighted by Crippen LogP contribution is -2.20. The van der Waals surface area contributed by atoms with E-state index in [0.717, 1.165) is 5.56 Å². The first-order valence-corrected chi connectivity index (χ1v) is 6.47. The minimum absolute atomic E-state index is 0.134. The summed E-state index contributed by atoms with van der Waals surface area (Å²) in [6.07, 6.45) is 0. The van der Waals surface area contributed by atoms with Crippen molar-refractivity contribution in [3.05, 3.63) is 76.2 Å². The largest absolute Gasteiger partial charge is 0.397 e. The monoisotopic (exact) mass is 278 g/mol. The zero-order chi connectivity index (χ0) is 14.8. The summed E-state index contributed by atoms with van der Waals surface area (Å²) < 4.78 is 0. The van der Waals surface area contributed by atoms with E-state index in [2.05, 4.69) is 9.97 Å². The highest BCUT2D eigenvalue weighted by Gasteiger charge is 2.11. The van der Waals surface area contributed by atoms with E-state index < -0.39 is 0 Å². The summed E-state index contributed by atoms with van der Waals surface area (Å²) in [5.74, 6) is 0. The van der Waals surface area contributed by atoms with Crippen molar-refractivity contribution in [2.75, 3.05) is 0 Å². The van der Waals surface area contributed by atoms with Crippen LogP contribution in [0.2, 0.25) is 0 Å². The van der Waals surface area contributed by atoms with Gasteiger partial charge in [-0.3, -0.25) is 4.79 Å². The molecule has 0 unspecified atom stereocenters. The van der Waals surface area contributed by atoms with E-state index in [0.29, 0.717) is 16.7 Å². The maximum absolute atomic E-state index is 12.1. The number of hydrogen-bond acceptors (Lipinski definition) is 4. The van der Waals surface area contributed by atoms with Crippen molar-refractivity contribution in [2.45, 2.75) is 0 Å². The van der Waals surface area contributed by atoms with Gasteiger partial charge in [0.2, 0.25) is 0 Å². The number of nitrogens with zero attached hydrogens (tertiary/aromatic N) is 1. The number of hydrogen-bond donors (Lipinski definition) is 3. The molecule has 3 aromatic rings. The number of fused-ring (bicyclic) bond motifs is 1. The molecule has 0 amide bonds. The van der Waals surface area contributed by atoms with Gasteiger partial charge in [-0.2, -0.15) is 0 Å². The maximum atomic E-state index is 12.1. The fraction of sp³-hybridized carbons (Fsp3) is 0. The van der Waals surface area contributed by atoms with Crippen LogP contribution in [0.3, 0.4) is 0 Å². The number of nitrogens with two attached hydrogens (primary N) is 2. The lowest BCUT2D eigenvalue weighted by Gasteiger charge is -2.07. The summed E-state index contributed by atoms with van der Waals surface area (Å²) in [6, 6.07) is 16.5. The highest BCUT2D eigenvalue weighted by Crippen LogP contribution is 2.16. The van der Waals surface area contributed by atoms with Gasteiger partial charge in [-0.05, 0) is 17.7 Å². The topological polar surface area (TPSA) is 97.8 Å². The van der Waals surface area contributed by atoms with Gasteiger partial charge in [-0.15, -0.1) is 0 Å². The third kappa shape index (κ3) is 2.36. The molecule has 0 saturated carbocycles. The molecule has 0 aliphatic carbocycles. The van der Waals surface area contributed by atoms with Crippen LogP contribution in [0.1, 0.15) is 11.3 Å². The molecule has 0 aliphatic rings. The van der Waals surface area contributed by atoms with Crippen LogP contribution in [0.15, 0.2) is 59.4 Å². The summed E-state index contributed by atoms with van der Waals surface area (Å²) in [5, 5.41) is 0. The molecule has 1 heterocycles. The smallest absolute Gasteiger partial charge is 0.276 e. The Balaban J connectivity index is 2.20. The normalized spacial score (nSPS) is 12.2. The van der Waals surface area contributed by atoms with Crippen LogP contribution in [0, 0.1) is 0 Å². The first kappa shape index (κ1) is 12.9. The van der Waals surface area contributed by atoms with Gasteiger partial charge in [0.15, 0.2) is 5.69 Å². The van der Waals surface area contributed by atoms with Crippen molar-refractivity contribution < 1.29 is 0 Å². The molecule has 2 aromatic carbocycles. The van der Waals surface area contributed by atoms with Crippen LogP contribution < -0.4 is 17.0 Å². The van der Waals surface area contributed by atoms with Crippen molar-refractivity contribution in [3.8, 4) is 0 Å². The van der Waals surface area contributed by atoms with Crippen molar-refractivity contribution in [2.24, 2.45) is 11.5 Å². The Morgan fingerprint density at radius 3 is 2.33 bits per heavy atom. The second kappa shape index (κ2) is 5.13. The van der Waals surface area contributed by atoms with Crippen LogP contribution in [0.5, 0.6) is 0 Å². The predicted octanol–water partition coefficient (Wildman–Crippen LogP) is 1.67. The molecule has 104 valence electrons. The highest BCUT2D eigenvalue weighted by atomic mass is 16.1. The molecule has 0 bridgehead atoms. The van der Waals surface area contributed by atoms with E-state index in [9.17, 15) is 4.79 Å². The lowest BCUT2D eigenvalue weighted by molar-refractivity contribution is 1.17. The van der Waals surface area contributed by atoms with Gasteiger partial charge in [-0.1, -0.05) is 42.5 Å². The summed E-state index contributed by atoms with van der Waals surface area (Å²) in [5.41, 5.74) is 14.5. The number of benzene rings is 2. The summed E-state index contributed by atoms with van der Waals surface area (Å²) in [4.78, 5) is 19.2.